The van der Waals surface area contributed by atoms with Gasteiger partial charge in [0.2, 0.25) is 0 Å². The highest BCUT2D eigenvalue weighted by Gasteiger charge is 2.17. The standard InChI is InChI=1S/C12H20N2O/c1-14-6-3-2-4-12(14)9-13-8-11-5-7-15-10-11/h5,7,10,12-13H,2-4,6,8-9H2,1H3. The van der Waals surface area contributed by atoms with Gasteiger partial charge in [0.1, 0.15) is 0 Å². The van der Waals surface area contributed by atoms with E-state index >= 15 is 0 Å². The number of hydrogen-bond donors (Lipinski definition) is 1. The largest absolute Gasteiger partial charge is 0.472 e. The highest BCUT2D eigenvalue weighted by Crippen LogP contribution is 2.14. The van der Waals surface area contributed by atoms with Crippen molar-refractivity contribution in [1.29, 1.82) is 0 Å². The number of hydrogen-bond acceptors (Lipinski definition) is 3. The number of likely N-dealkylation sites (N-methyl/N-ethyl adjacent to an activating group) is 1. The Labute approximate surface area is 91.4 Å². The van der Waals surface area contributed by atoms with Gasteiger partial charge in [0.05, 0.1) is 12.5 Å². The summed E-state index contributed by atoms with van der Waals surface area (Å²) >= 11 is 0. The van der Waals surface area contributed by atoms with Crippen LogP contribution in [0, 0.1) is 0 Å². The van der Waals surface area contributed by atoms with E-state index in [0.29, 0.717) is 6.04 Å². The second-order valence-corrected chi connectivity index (χ2v) is 4.39. The molecule has 0 bridgehead atoms. The van der Waals surface area contributed by atoms with Gasteiger partial charge >= 0.3 is 0 Å². The minimum absolute atomic E-state index is 0.714. The maximum atomic E-state index is 5.03. The first-order valence-corrected chi connectivity index (χ1v) is 5.78. The van der Waals surface area contributed by atoms with Crippen molar-refractivity contribution in [2.45, 2.75) is 31.8 Å². The number of nitrogens with zero attached hydrogens (tertiary/aromatic N) is 1. The summed E-state index contributed by atoms with van der Waals surface area (Å²) < 4.78 is 5.03. The molecule has 0 spiro atoms. The fraction of sp³-hybridized carbons (Fsp3) is 0.667. The summed E-state index contributed by atoms with van der Waals surface area (Å²) in [6.07, 6.45) is 7.59. The Bertz CT molecular complexity index is 271. The Kier molecular flexibility index (Phi) is 3.80. The summed E-state index contributed by atoms with van der Waals surface area (Å²) in [6, 6.07) is 2.73. The van der Waals surface area contributed by atoms with Gasteiger partial charge in [-0.2, -0.15) is 0 Å². The second-order valence-electron chi connectivity index (χ2n) is 4.39. The molecule has 1 fully saturated rings. The molecule has 0 saturated carbocycles. The third kappa shape index (κ3) is 3.08. The summed E-state index contributed by atoms with van der Waals surface area (Å²) in [4.78, 5) is 2.46. The molecule has 1 N–H and O–H groups in total. The molecule has 1 aromatic rings. The second kappa shape index (κ2) is 5.33. The lowest BCUT2D eigenvalue weighted by atomic mass is 10.0. The van der Waals surface area contributed by atoms with Gasteiger partial charge in [-0.1, -0.05) is 6.42 Å². The van der Waals surface area contributed by atoms with Crippen LogP contribution in [0.3, 0.4) is 0 Å². The minimum atomic E-state index is 0.714. The van der Waals surface area contributed by atoms with Gasteiger partial charge in [-0.15, -0.1) is 0 Å². The molecule has 3 heteroatoms. The van der Waals surface area contributed by atoms with Crippen LogP contribution in [-0.2, 0) is 6.54 Å². The molecular formula is C12H20N2O. The van der Waals surface area contributed by atoms with E-state index in [1.54, 1.807) is 12.5 Å². The van der Waals surface area contributed by atoms with Gasteiger partial charge in [0.25, 0.3) is 0 Å². The van der Waals surface area contributed by atoms with Crippen molar-refractivity contribution in [1.82, 2.24) is 10.2 Å². The molecule has 1 aromatic heterocycles. The lowest BCUT2D eigenvalue weighted by molar-refractivity contribution is 0.181. The van der Waals surface area contributed by atoms with Crippen LogP contribution in [0.25, 0.3) is 0 Å². The maximum absolute atomic E-state index is 5.03. The first-order valence-electron chi connectivity index (χ1n) is 5.78. The molecule has 0 aliphatic carbocycles. The van der Waals surface area contributed by atoms with E-state index in [4.69, 9.17) is 4.42 Å². The summed E-state index contributed by atoms with van der Waals surface area (Å²) in [7, 11) is 2.23. The van der Waals surface area contributed by atoms with E-state index in [1.807, 2.05) is 6.07 Å². The van der Waals surface area contributed by atoms with Crippen LogP contribution < -0.4 is 5.32 Å². The topological polar surface area (TPSA) is 28.4 Å². The van der Waals surface area contributed by atoms with Gasteiger partial charge in [0, 0.05) is 24.7 Å². The summed E-state index contributed by atoms with van der Waals surface area (Å²) in [5.41, 5.74) is 1.23. The van der Waals surface area contributed by atoms with Gasteiger partial charge in [-0.3, -0.25) is 0 Å². The van der Waals surface area contributed by atoms with Crippen molar-refractivity contribution in [2.75, 3.05) is 20.1 Å². The minimum Gasteiger partial charge on any atom is -0.472 e. The van der Waals surface area contributed by atoms with E-state index in [2.05, 4.69) is 17.3 Å². The predicted octanol–water partition coefficient (Wildman–Crippen LogP) is 1.85. The Morgan fingerprint density at radius 1 is 1.53 bits per heavy atom. The summed E-state index contributed by atoms with van der Waals surface area (Å²) in [5, 5.41) is 3.49. The molecule has 1 aliphatic rings. The zero-order valence-corrected chi connectivity index (χ0v) is 9.41. The first-order chi connectivity index (χ1) is 7.36. The van der Waals surface area contributed by atoms with Crippen molar-refractivity contribution < 1.29 is 4.42 Å². The van der Waals surface area contributed by atoms with E-state index in [1.165, 1.54) is 31.4 Å². The van der Waals surface area contributed by atoms with Crippen LogP contribution in [0.5, 0.6) is 0 Å². The van der Waals surface area contributed by atoms with Crippen LogP contribution >= 0.6 is 0 Å². The Hall–Kier alpha value is -0.800. The van der Waals surface area contributed by atoms with E-state index in [9.17, 15) is 0 Å². The third-order valence-electron chi connectivity index (χ3n) is 3.21. The molecule has 0 aromatic carbocycles. The van der Waals surface area contributed by atoms with Crippen molar-refractivity contribution in [2.24, 2.45) is 0 Å². The number of piperidine rings is 1. The fourth-order valence-corrected chi connectivity index (χ4v) is 2.18. The summed E-state index contributed by atoms with van der Waals surface area (Å²) in [6.45, 7) is 3.25. The lowest BCUT2D eigenvalue weighted by Crippen LogP contribution is -2.42. The van der Waals surface area contributed by atoms with Gasteiger partial charge in [-0.05, 0) is 32.5 Å². The molecular weight excluding hydrogens is 188 g/mol. The van der Waals surface area contributed by atoms with E-state index < -0.39 is 0 Å². The van der Waals surface area contributed by atoms with Crippen LogP contribution in [0.15, 0.2) is 23.0 Å². The zero-order valence-electron chi connectivity index (χ0n) is 9.41. The molecule has 2 rings (SSSR count). The normalized spacial score (nSPS) is 23.1. The van der Waals surface area contributed by atoms with Crippen LogP contribution in [0.4, 0.5) is 0 Å². The average molecular weight is 208 g/mol. The highest BCUT2D eigenvalue weighted by molar-refractivity contribution is 5.04. The number of likely N-dealkylation sites (tertiary alicyclic amines) is 1. The highest BCUT2D eigenvalue weighted by atomic mass is 16.3. The Morgan fingerprint density at radius 3 is 3.20 bits per heavy atom. The summed E-state index contributed by atoms with van der Waals surface area (Å²) in [5.74, 6) is 0. The molecule has 1 atom stereocenters. The maximum Gasteiger partial charge on any atom is 0.0947 e. The van der Waals surface area contributed by atoms with Crippen LogP contribution in [0.1, 0.15) is 24.8 Å². The monoisotopic (exact) mass is 208 g/mol. The van der Waals surface area contributed by atoms with Crippen LogP contribution in [-0.4, -0.2) is 31.1 Å². The van der Waals surface area contributed by atoms with Crippen molar-refractivity contribution in [3.05, 3.63) is 24.2 Å². The number of nitrogens with one attached hydrogen (secondary N) is 1. The molecule has 0 amide bonds. The van der Waals surface area contributed by atoms with Crippen molar-refractivity contribution >= 4 is 0 Å². The molecule has 1 unspecified atom stereocenters. The third-order valence-corrected chi connectivity index (χ3v) is 3.21. The molecule has 0 radical (unpaired) electrons. The van der Waals surface area contributed by atoms with Crippen LogP contribution in [0.2, 0.25) is 0 Å². The zero-order chi connectivity index (χ0) is 10.5. The smallest absolute Gasteiger partial charge is 0.0947 e. The Balaban J connectivity index is 1.68. The quantitative estimate of drug-likeness (QED) is 0.818. The van der Waals surface area contributed by atoms with Gasteiger partial charge < -0.3 is 14.6 Å². The first kappa shape index (κ1) is 10.7. The lowest BCUT2D eigenvalue weighted by Gasteiger charge is -2.32. The van der Waals surface area contributed by atoms with Crippen molar-refractivity contribution in [3.8, 4) is 0 Å². The molecule has 1 saturated heterocycles. The molecule has 1 aliphatic heterocycles. The van der Waals surface area contributed by atoms with Crippen molar-refractivity contribution in [3.63, 3.8) is 0 Å². The van der Waals surface area contributed by atoms with E-state index in [0.717, 1.165) is 13.1 Å². The SMILES string of the molecule is CN1CCCCC1CNCc1ccoc1. The van der Waals surface area contributed by atoms with Gasteiger partial charge in [0.15, 0.2) is 0 Å². The molecule has 15 heavy (non-hydrogen) atoms. The average Bonchev–Trinajstić information content (AvgIpc) is 2.74. The molecule has 2 heterocycles. The predicted molar refractivity (Wildman–Crippen MR) is 60.7 cm³/mol. The number of rotatable bonds is 4. The van der Waals surface area contributed by atoms with E-state index in [-0.39, 0.29) is 0 Å². The molecule has 84 valence electrons. The Morgan fingerprint density at radius 2 is 2.47 bits per heavy atom. The number of furan rings is 1. The molecule has 3 nitrogen and oxygen atoms in total. The van der Waals surface area contributed by atoms with Gasteiger partial charge in [-0.25, -0.2) is 0 Å². The fourth-order valence-electron chi connectivity index (χ4n) is 2.18.